The fourth-order valence-electron chi connectivity index (χ4n) is 2.37. The Morgan fingerprint density at radius 3 is 2.29 bits per heavy atom. The summed E-state index contributed by atoms with van der Waals surface area (Å²) >= 11 is 12.5. The molecule has 0 spiro atoms. The van der Waals surface area contributed by atoms with E-state index in [9.17, 15) is 8.78 Å². The largest absolute Gasteiger partial charge is 0.204 e. The third kappa shape index (κ3) is 2.61. The Morgan fingerprint density at radius 1 is 0.810 bits per heavy atom. The van der Waals surface area contributed by atoms with Gasteiger partial charge in [0.05, 0.1) is 5.38 Å². The van der Waals surface area contributed by atoms with Crippen molar-refractivity contribution in [1.82, 2.24) is 0 Å². The van der Waals surface area contributed by atoms with Crippen molar-refractivity contribution in [1.29, 1.82) is 0 Å². The number of alkyl halides is 1. The van der Waals surface area contributed by atoms with Gasteiger partial charge in [-0.15, -0.1) is 11.6 Å². The van der Waals surface area contributed by atoms with Crippen LogP contribution in [0.2, 0.25) is 5.02 Å². The van der Waals surface area contributed by atoms with E-state index in [0.29, 0.717) is 5.56 Å². The first kappa shape index (κ1) is 14.3. The van der Waals surface area contributed by atoms with Gasteiger partial charge in [0.1, 0.15) is 0 Å². The monoisotopic (exact) mass is 322 g/mol. The number of fused-ring (bicyclic) bond motifs is 1. The van der Waals surface area contributed by atoms with E-state index in [2.05, 4.69) is 0 Å². The van der Waals surface area contributed by atoms with Crippen molar-refractivity contribution in [3.8, 4) is 0 Å². The van der Waals surface area contributed by atoms with Crippen LogP contribution >= 0.6 is 23.2 Å². The van der Waals surface area contributed by atoms with Crippen molar-refractivity contribution in [2.45, 2.75) is 5.38 Å². The van der Waals surface area contributed by atoms with E-state index < -0.39 is 17.0 Å². The molecule has 0 aromatic heterocycles. The minimum Gasteiger partial charge on any atom is -0.204 e. The Morgan fingerprint density at radius 2 is 1.48 bits per heavy atom. The van der Waals surface area contributed by atoms with E-state index in [1.54, 1.807) is 0 Å². The molecule has 1 unspecified atom stereocenters. The van der Waals surface area contributed by atoms with Gasteiger partial charge in [0.15, 0.2) is 11.6 Å². The van der Waals surface area contributed by atoms with Crippen LogP contribution in [-0.4, -0.2) is 0 Å². The topological polar surface area (TPSA) is 0 Å². The molecule has 0 radical (unpaired) electrons. The van der Waals surface area contributed by atoms with Gasteiger partial charge >= 0.3 is 0 Å². The van der Waals surface area contributed by atoms with Crippen LogP contribution in [0.5, 0.6) is 0 Å². The van der Waals surface area contributed by atoms with Crippen molar-refractivity contribution in [3.63, 3.8) is 0 Å². The lowest BCUT2D eigenvalue weighted by molar-refractivity contribution is 0.507. The summed E-state index contributed by atoms with van der Waals surface area (Å²) in [4.78, 5) is 0. The predicted molar refractivity (Wildman–Crippen MR) is 83.0 cm³/mol. The van der Waals surface area contributed by atoms with Gasteiger partial charge < -0.3 is 0 Å². The molecule has 0 fully saturated rings. The molecular weight excluding hydrogens is 313 g/mol. The number of halogens is 4. The fourth-order valence-corrected chi connectivity index (χ4v) is 3.06. The zero-order valence-corrected chi connectivity index (χ0v) is 12.3. The van der Waals surface area contributed by atoms with Crippen molar-refractivity contribution in [3.05, 3.63) is 82.4 Å². The van der Waals surface area contributed by atoms with Crippen molar-refractivity contribution >= 4 is 34.0 Å². The molecule has 0 aliphatic carbocycles. The van der Waals surface area contributed by atoms with Crippen LogP contribution in [0.3, 0.4) is 0 Å². The van der Waals surface area contributed by atoms with Crippen LogP contribution in [0, 0.1) is 11.6 Å². The lowest BCUT2D eigenvalue weighted by Crippen LogP contribution is -1.98. The predicted octanol–water partition coefficient (Wildman–Crippen LogP) is 6.10. The molecule has 4 heteroatoms. The summed E-state index contributed by atoms with van der Waals surface area (Å²) in [5.41, 5.74) is 1.16. The third-order valence-corrected chi connectivity index (χ3v) is 4.21. The molecule has 1 atom stereocenters. The van der Waals surface area contributed by atoms with Crippen LogP contribution in [-0.2, 0) is 0 Å². The molecule has 3 aromatic carbocycles. The molecule has 0 aliphatic rings. The first-order valence-corrected chi connectivity index (χ1v) is 7.15. The van der Waals surface area contributed by atoms with Crippen LogP contribution < -0.4 is 0 Å². The maximum absolute atomic E-state index is 13.5. The Bertz CT molecular complexity index is 810. The van der Waals surface area contributed by atoms with Crippen LogP contribution in [0.25, 0.3) is 10.8 Å². The molecule has 0 saturated heterocycles. The summed E-state index contributed by atoms with van der Waals surface area (Å²) in [6, 6.07) is 15.4. The minimum absolute atomic E-state index is 0.113. The van der Waals surface area contributed by atoms with Crippen LogP contribution in [0.1, 0.15) is 16.5 Å². The Balaban J connectivity index is 2.17. The molecule has 0 aliphatic heterocycles. The van der Waals surface area contributed by atoms with Crippen molar-refractivity contribution < 1.29 is 8.78 Å². The molecule has 0 amide bonds. The van der Waals surface area contributed by atoms with Gasteiger partial charge in [-0.1, -0.05) is 54.1 Å². The fraction of sp³-hybridized carbons (Fsp3) is 0.0588. The number of hydrogen-bond acceptors (Lipinski definition) is 0. The molecule has 3 rings (SSSR count). The van der Waals surface area contributed by atoms with E-state index in [1.807, 2.05) is 42.5 Å². The highest BCUT2D eigenvalue weighted by molar-refractivity contribution is 6.33. The second-order valence-corrected chi connectivity index (χ2v) is 5.56. The minimum atomic E-state index is -0.981. The molecule has 0 bridgehead atoms. The zero-order valence-electron chi connectivity index (χ0n) is 10.8. The Kier molecular flexibility index (Phi) is 3.83. The summed E-state index contributed by atoms with van der Waals surface area (Å²) < 4.78 is 26.6. The molecule has 0 nitrogen and oxygen atoms in total. The summed E-state index contributed by atoms with van der Waals surface area (Å²) in [7, 11) is 0. The zero-order chi connectivity index (χ0) is 15.0. The van der Waals surface area contributed by atoms with E-state index in [1.165, 1.54) is 0 Å². The van der Waals surface area contributed by atoms with E-state index >= 15 is 0 Å². The van der Waals surface area contributed by atoms with E-state index in [-0.39, 0.29) is 5.02 Å². The quantitative estimate of drug-likeness (QED) is 0.395. The average molecular weight is 323 g/mol. The smallest absolute Gasteiger partial charge is 0.160 e. The van der Waals surface area contributed by atoms with E-state index in [0.717, 1.165) is 28.5 Å². The standard InChI is InChI=1S/C17H10Cl2F2/c18-14-9-16(21)15(20)8-13(14)17(19)12-7-3-5-10-4-1-2-6-11(10)12/h1-9,17H. The first-order valence-electron chi connectivity index (χ1n) is 6.34. The highest BCUT2D eigenvalue weighted by Gasteiger charge is 2.19. The molecule has 21 heavy (non-hydrogen) atoms. The third-order valence-electron chi connectivity index (χ3n) is 3.41. The lowest BCUT2D eigenvalue weighted by Gasteiger charge is -2.15. The second-order valence-electron chi connectivity index (χ2n) is 4.72. The molecule has 0 saturated carbocycles. The molecule has 0 heterocycles. The van der Waals surface area contributed by atoms with Gasteiger partial charge in [-0.25, -0.2) is 8.78 Å². The number of hydrogen-bond donors (Lipinski definition) is 0. The summed E-state index contributed by atoms with van der Waals surface area (Å²) in [5, 5.41) is 1.45. The van der Waals surface area contributed by atoms with Gasteiger partial charge in [0.25, 0.3) is 0 Å². The van der Waals surface area contributed by atoms with Gasteiger partial charge in [-0.2, -0.15) is 0 Å². The molecule has 0 N–H and O–H groups in total. The average Bonchev–Trinajstić information content (AvgIpc) is 2.49. The lowest BCUT2D eigenvalue weighted by atomic mass is 9.98. The molecular formula is C17H10Cl2F2. The van der Waals surface area contributed by atoms with E-state index in [4.69, 9.17) is 23.2 Å². The summed E-state index contributed by atoms with van der Waals surface area (Å²) in [6.45, 7) is 0. The summed E-state index contributed by atoms with van der Waals surface area (Å²) in [6.07, 6.45) is 0. The van der Waals surface area contributed by atoms with Gasteiger partial charge in [0, 0.05) is 5.02 Å². The van der Waals surface area contributed by atoms with Crippen LogP contribution in [0.15, 0.2) is 54.6 Å². The van der Waals surface area contributed by atoms with Crippen molar-refractivity contribution in [2.24, 2.45) is 0 Å². The summed E-state index contributed by atoms with van der Waals surface area (Å²) in [5.74, 6) is -1.94. The maximum atomic E-state index is 13.5. The molecule has 106 valence electrons. The number of benzene rings is 3. The normalized spacial score (nSPS) is 12.6. The highest BCUT2D eigenvalue weighted by atomic mass is 35.5. The highest BCUT2D eigenvalue weighted by Crippen LogP contribution is 2.37. The maximum Gasteiger partial charge on any atom is 0.160 e. The Hall–Kier alpha value is -1.64. The van der Waals surface area contributed by atoms with Crippen LogP contribution in [0.4, 0.5) is 8.78 Å². The first-order chi connectivity index (χ1) is 10.1. The SMILES string of the molecule is Fc1cc(Cl)c(C(Cl)c2cccc3ccccc23)cc1F. The number of rotatable bonds is 2. The van der Waals surface area contributed by atoms with Gasteiger partial charge in [-0.3, -0.25) is 0 Å². The second kappa shape index (κ2) is 5.63. The van der Waals surface area contributed by atoms with Gasteiger partial charge in [-0.05, 0) is 34.0 Å². The Labute approximate surface area is 130 Å². The van der Waals surface area contributed by atoms with Crippen molar-refractivity contribution in [2.75, 3.05) is 0 Å². The molecule has 3 aromatic rings. The van der Waals surface area contributed by atoms with Gasteiger partial charge in [0.2, 0.25) is 0 Å².